The van der Waals surface area contributed by atoms with Crippen molar-refractivity contribution in [2.75, 3.05) is 24.9 Å². The molecule has 1 aromatic heterocycles. The zero-order valence-corrected chi connectivity index (χ0v) is 18.8. The lowest BCUT2D eigenvalue weighted by Gasteiger charge is -2.16. The molecule has 2 N–H and O–H groups in total. The minimum atomic E-state index is -0.191. The van der Waals surface area contributed by atoms with Crippen molar-refractivity contribution in [1.29, 1.82) is 0 Å². The van der Waals surface area contributed by atoms with Gasteiger partial charge in [-0.3, -0.25) is 9.78 Å². The number of hydrogen-bond acceptors (Lipinski definition) is 5. The molecule has 0 aliphatic carbocycles. The third-order valence-electron chi connectivity index (χ3n) is 5.73. The van der Waals surface area contributed by atoms with E-state index in [-0.39, 0.29) is 5.91 Å². The second-order valence-corrected chi connectivity index (χ2v) is 7.77. The number of aromatic nitrogens is 1. The zero-order chi connectivity index (χ0) is 23.5. The molecule has 1 amide bonds. The molecule has 168 valence electrons. The number of carbonyl (C=O) groups excluding carboxylic acids is 1. The van der Waals surface area contributed by atoms with E-state index in [0.29, 0.717) is 28.5 Å². The molecule has 1 aliphatic heterocycles. The Balaban J connectivity index is 1.60. The monoisotopic (exact) mass is 449 g/mol. The largest absolute Gasteiger partial charge is 0.493 e. The average molecular weight is 450 g/mol. The molecule has 0 unspecified atom stereocenters. The van der Waals surface area contributed by atoms with Crippen molar-refractivity contribution in [3.8, 4) is 22.6 Å². The van der Waals surface area contributed by atoms with E-state index in [1.807, 2.05) is 79.0 Å². The van der Waals surface area contributed by atoms with E-state index < -0.39 is 0 Å². The number of nitrogens with one attached hydrogen (secondary N) is 2. The molecular weight excluding hydrogens is 426 g/mol. The molecule has 2 heterocycles. The number of amides is 1. The molecule has 3 aromatic carbocycles. The Kier molecular flexibility index (Phi) is 5.70. The van der Waals surface area contributed by atoms with Gasteiger partial charge in [0.15, 0.2) is 11.5 Å². The van der Waals surface area contributed by atoms with Crippen LogP contribution in [0.2, 0.25) is 0 Å². The Labute approximate surface area is 197 Å². The molecule has 0 saturated heterocycles. The van der Waals surface area contributed by atoms with Crippen molar-refractivity contribution in [3.63, 3.8) is 0 Å². The van der Waals surface area contributed by atoms with Crippen LogP contribution in [0.15, 0.2) is 91.3 Å². The summed E-state index contributed by atoms with van der Waals surface area (Å²) in [5, 5.41) is 6.45. The first-order chi connectivity index (χ1) is 16.7. The first-order valence-electron chi connectivity index (χ1n) is 10.8. The van der Waals surface area contributed by atoms with Gasteiger partial charge in [0.2, 0.25) is 0 Å². The van der Waals surface area contributed by atoms with Gasteiger partial charge in [0.1, 0.15) is 0 Å². The van der Waals surface area contributed by atoms with Gasteiger partial charge in [0, 0.05) is 29.7 Å². The van der Waals surface area contributed by atoms with Crippen molar-refractivity contribution in [2.45, 2.75) is 0 Å². The SMILES string of the molecule is COc1cc2c(cc1OC)C(=C(Nc1ccc(-c3cccnc3)cc1)c1ccccc1)C(=O)N2. The summed E-state index contributed by atoms with van der Waals surface area (Å²) in [5.41, 5.74) is 6.54. The van der Waals surface area contributed by atoms with Gasteiger partial charge in [-0.15, -0.1) is 0 Å². The highest BCUT2D eigenvalue weighted by atomic mass is 16.5. The van der Waals surface area contributed by atoms with Gasteiger partial charge in [0.25, 0.3) is 5.91 Å². The molecule has 0 fully saturated rings. The molecule has 1 aliphatic rings. The predicted molar refractivity (Wildman–Crippen MR) is 135 cm³/mol. The molecule has 5 rings (SSSR count). The fourth-order valence-electron chi connectivity index (χ4n) is 4.05. The van der Waals surface area contributed by atoms with Crippen LogP contribution in [0.5, 0.6) is 11.5 Å². The second-order valence-electron chi connectivity index (χ2n) is 7.77. The smallest absolute Gasteiger partial charge is 0.258 e. The highest BCUT2D eigenvalue weighted by molar-refractivity contribution is 6.37. The van der Waals surface area contributed by atoms with Gasteiger partial charge in [0.05, 0.1) is 31.2 Å². The number of rotatable bonds is 6. The predicted octanol–water partition coefficient (Wildman–Crippen LogP) is 5.70. The maximum atomic E-state index is 13.2. The van der Waals surface area contributed by atoms with Crippen LogP contribution in [0.3, 0.4) is 0 Å². The number of ether oxygens (including phenoxy) is 2. The summed E-state index contributed by atoms with van der Waals surface area (Å²) >= 11 is 0. The lowest BCUT2D eigenvalue weighted by Crippen LogP contribution is -2.10. The Bertz CT molecular complexity index is 1370. The Hall–Kier alpha value is -4.58. The van der Waals surface area contributed by atoms with Crippen LogP contribution >= 0.6 is 0 Å². The molecular formula is C28H23N3O3. The number of benzene rings is 3. The van der Waals surface area contributed by atoms with Crippen LogP contribution in [0.1, 0.15) is 11.1 Å². The average Bonchev–Trinajstić information content (AvgIpc) is 3.22. The first-order valence-corrected chi connectivity index (χ1v) is 10.8. The number of carbonyl (C=O) groups is 1. The molecule has 34 heavy (non-hydrogen) atoms. The number of anilines is 2. The molecule has 0 radical (unpaired) electrons. The van der Waals surface area contributed by atoms with E-state index in [0.717, 1.165) is 27.9 Å². The van der Waals surface area contributed by atoms with E-state index in [9.17, 15) is 4.79 Å². The van der Waals surface area contributed by atoms with Crippen LogP contribution < -0.4 is 20.1 Å². The lowest BCUT2D eigenvalue weighted by molar-refractivity contribution is -0.110. The summed E-state index contributed by atoms with van der Waals surface area (Å²) in [7, 11) is 3.15. The number of pyridine rings is 1. The van der Waals surface area contributed by atoms with Crippen molar-refractivity contribution < 1.29 is 14.3 Å². The lowest BCUT2D eigenvalue weighted by atomic mass is 9.99. The van der Waals surface area contributed by atoms with E-state index in [1.165, 1.54) is 0 Å². The number of hydrogen-bond donors (Lipinski definition) is 2. The van der Waals surface area contributed by atoms with Crippen molar-refractivity contribution in [2.24, 2.45) is 0 Å². The standard InChI is InChI=1S/C28H23N3O3/c1-33-24-15-22-23(16-25(24)34-2)31-28(32)26(22)27(19-7-4-3-5-8-19)30-21-12-10-18(11-13-21)20-9-6-14-29-17-20/h3-17,30H,1-2H3,(H,31,32). The number of fused-ring (bicyclic) bond motifs is 1. The summed E-state index contributed by atoms with van der Waals surface area (Å²) in [5.74, 6) is 0.926. The summed E-state index contributed by atoms with van der Waals surface area (Å²) < 4.78 is 10.9. The highest BCUT2D eigenvalue weighted by Gasteiger charge is 2.30. The van der Waals surface area contributed by atoms with Gasteiger partial charge in [-0.05, 0) is 41.0 Å². The molecule has 0 bridgehead atoms. The molecule has 0 spiro atoms. The van der Waals surface area contributed by atoms with Crippen LogP contribution in [0, 0.1) is 0 Å². The van der Waals surface area contributed by atoms with Gasteiger partial charge in [-0.1, -0.05) is 48.5 Å². The van der Waals surface area contributed by atoms with Gasteiger partial charge < -0.3 is 20.1 Å². The van der Waals surface area contributed by atoms with E-state index in [1.54, 1.807) is 26.5 Å². The fourth-order valence-corrected chi connectivity index (χ4v) is 4.05. The Morgan fingerprint density at radius 2 is 1.59 bits per heavy atom. The maximum absolute atomic E-state index is 13.2. The zero-order valence-electron chi connectivity index (χ0n) is 18.8. The van der Waals surface area contributed by atoms with Gasteiger partial charge in [-0.25, -0.2) is 0 Å². The maximum Gasteiger partial charge on any atom is 0.258 e. The molecule has 0 atom stereocenters. The molecule has 0 saturated carbocycles. The normalized spacial score (nSPS) is 13.6. The van der Waals surface area contributed by atoms with Gasteiger partial charge >= 0.3 is 0 Å². The van der Waals surface area contributed by atoms with Crippen LogP contribution in [-0.4, -0.2) is 25.1 Å². The van der Waals surface area contributed by atoms with Crippen LogP contribution in [0.4, 0.5) is 11.4 Å². The third kappa shape index (κ3) is 3.97. The quantitative estimate of drug-likeness (QED) is 0.370. The van der Waals surface area contributed by atoms with Crippen molar-refractivity contribution >= 4 is 28.6 Å². The minimum absolute atomic E-state index is 0.191. The fraction of sp³-hybridized carbons (Fsp3) is 0.0714. The second kappa shape index (κ2) is 9.11. The number of nitrogens with zero attached hydrogens (tertiary/aromatic N) is 1. The first kappa shape index (κ1) is 21.3. The van der Waals surface area contributed by atoms with Crippen molar-refractivity contribution in [3.05, 3.63) is 102 Å². The summed E-state index contributed by atoms with van der Waals surface area (Å²) in [6.45, 7) is 0. The Morgan fingerprint density at radius 3 is 2.26 bits per heavy atom. The van der Waals surface area contributed by atoms with Crippen LogP contribution in [0.25, 0.3) is 22.4 Å². The summed E-state index contributed by atoms with van der Waals surface area (Å²) in [6, 6.07) is 25.4. The van der Waals surface area contributed by atoms with E-state index in [2.05, 4.69) is 15.6 Å². The third-order valence-corrected chi connectivity index (χ3v) is 5.73. The topological polar surface area (TPSA) is 72.5 Å². The number of methoxy groups -OCH3 is 2. The molecule has 4 aromatic rings. The van der Waals surface area contributed by atoms with E-state index >= 15 is 0 Å². The van der Waals surface area contributed by atoms with Crippen molar-refractivity contribution in [1.82, 2.24) is 4.98 Å². The van der Waals surface area contributed by atoms with E-state index in [4.69, 9.17) is 9.47 Å². The summed E-state index contributed by atoms with van der Waals surface area (Å²) in [4.78, 5) is 17.4. The highest BCUT2D eigenvalue weighted by Crippen LogP contribution is 2.43. The minimum Gasteiger partial charge on any atom is -0.493 e. The van der Waals surface area contributed by atoms with Crippen LogP contribution in [-0.2, 0) is 4.79 Å². The molecule has 6 heteroatoms. The Morgan fingerprint density at radius 1 is 0.853 bits per heavy atom. The molecule has 6 nitrogen and oxygen atoms in total. The van der Waals surface area contributed by atoms with Gasteiger partial charge in [-0.2, -0.15) is 0 Å². The summed E-state index contributed by atoms with van der Waals surface area (Å²) in [6.07, 6.45) is 3.59.